The Morgan fingerprint density at radius 3 is 2.86 bits per heavy atom. The third-order valence-electron chi connectivity index (χ3n) is 2.35. The van der Waals surface area contributed by atoms with Gasteiger partial charge in [-0.1, -0.05) is 0 Å². The van der Waals surface area contributed by atoms with Crippen LogP contribution in [0.1, 0.15) is 0 Å². The van der Waals surface area contributed by atoms with Gasteiger partial charge in [-0.25, -0.2) is 13.2 Å². The van der Waals surface area contributed by atoms with Gasteiger partial charge in [0.05, 0.1) is 24.6 Å². The predicted octanol–water partition coefficient (Wildman–Crippen LogP) is 2.36. The van der Waals surface area contributed by atoms with Gasteiger partial charge in [0.15, 0.2) is 0 Å². The minimum Gasteiger partial charge on any atom is -0.383 e. The molecule has 4 nitrogen and oxygen atoms in total. The van der Waals surface area contributed by atoms with E-state index >= 15 is 0 Å². The molecule has 0 unspecified atom stereocenters. The maximum absolute atomic E-state index is 13.2. The highest BCUT2D eigenvalue weighted by atomic mass is 32.2. The molecule has 0 aromatic heterocycles. The lowest BCUT2D eigenvalue weighted by molar-refractivity contribution is -0.115. The maximum atomic E-state index is 13.2. The van der Waals surface area contributed by atoms with Crippen molar-refractivity contribution in [2.75, 3.05) is 37.9 Å². The molecule has 0 radical (unpaired) electrons. The van der Waals surface area contributed by atoms with Gasteiger partial charge >= 0.3 is 0 Å². The van der Waals surface area contributed by atoms with E-state index in [2.05, 4.69) is 10.6 Å². The Hall–Kier alpha value is -1.25. The lowest BCUT2D eigenvalue weighted by Crippen LogP contribution is -2.30. The van der Waals surface area contributed by atoms with Crippen molar-refractivity contribution in [1.82, 2.24) is 5.32 Å². The standard InChI is InChI=1S/C13H17F3N2O2S/c1-20-5-4-17-7-13(19)18-10-6-9(14)2-3-11(10)21-8-12(15)16/h2-3,6,12,17H,4-5,7-8H2,1H3,(H,18,19). The van der Waals surface area contributed by atoms with E-state index in [1.807, 2.05) is 0 Å². The lowest BCUT2D eigenvalue weighted by Gasteiger charge is -2.11. The molecular weight excluding hydrogens is 305 g/mol. The molecule has 1 aromatic carbocycles. The number of amides is 1. The van der Waals surface area contributed by atoms with E-state index in [-0.39, 0.29) is 18.1 Å². The minimum absolute atomic E-state index is 0.0266. The monoisotopic (exact) mass is 322 g/mol. The van der Waals surface area contributed by atoms with Crippen LogP contribution in [0.5, 0.6) is 0 Å². The van der Waals surface area contributed by atoms with Crippen LogP contribution in [0.4, 0.5) is 18.9 Å². The van der Waals surface area contributed by atoms with E-state index in [1.165, 1.54) is 12.1 Å². The molecule has 0 saturated carbocycles. The summed E-state index contributed by atoms with van der Waals surface area (Å²) in [5.41, 5.74) is 0.194. The zero-order chi connectivity index (χ0) is 15.7. The Labute approximate surface area is 125 Å². The molecule has 118 valence electrons. The van der Waals surface area contributed by atoms with Crippen LogP contribution in [0.3, 0.4) is 0 Å². The molecule has 0 spiro atoms. The quantitative estimate of drug-likeness (QED) is 0.541. The van der Waals surface area contributed by atoms with E-state index in [0.717, 1.165) is 17.8 Å². The molecule has 2 N–H and O–H groups in total. The molecule has 0 heterocycles. The Bertz CT molecular complexity index is 461. The first-order valence-electron chi connectivity index (χ1n) is 6.23. The molecule has 1 rings (SSSR count). The zero-order valence-corrected chi connectivity index (χ0v) is 12.3. The molecule has 1 aromatic rings. The van der Waals surface area contributed by atoms with Crippen molar-refractivity contribution in [2.45, 2.75) is 11.3 Å². The van der Waals surface area contributed by atoms with Crippen molar-refractivity contribution in [3.63, 3.8) is 0 Å². The summed E-state index contributed by atoms with van der Waals surface area (Å²) in [6.07, 6.45) is -2.47. The van der Waals surface area contributed by atoms with Gasteiger partial charge in [0.25, 0.3) is 0 Å². The summed E-state index contributed by atoms with van der Waals surface area (Å²) in [7, 11) is 1.54. The molecule has 0 aliphatic heterocycles. The number of methoxy groups -OCH3 is 1. The van der Waals surface area contributed by atoms with Crippen molar-refractivity contribution in [1.29, 1.82) is 0 Å². The second kappa shape index (κ2) is 9.64. The molecule has 1 amide bonds. The van der Waals surface area contributed by atoms with Crippen molar-refractivity contribution in [2.24, 2.45) is 0 Å². The third-order valence-corrected chi connectivity index (χ3v) is 3.43. The van der Waals surface area contributed by atoms with Crippen LogP contribution in [-0.4, -0.2) is 44.9 Å². The zero-order valence-electron chi connectivity index (χ0n) is 11.5. The number of anilines is 1. The van der Waals surface area contributed by atoms with Crippen LogP contribution in [0, 0.1) is 5.82 Å². The normalized spacial score (nSPS) is 10.9. The SMILES string of the molecule is COCCNCC(=O)Nc1cc(F)ccc1SCC(F)F. The smallest absolute Gasteiger partial charge is 0.247 e. The van der Waals surface area contributed by atoms with E-state index in [4.69, 9.17) is 4.74 Å². The summed E-state index contributed by atoms with van der Waals surface area (Å²) >= 11 is 0.866. The van der Waals surface area contributed by atoms with E-state index in [9.17, 15) is 18.0 Å². The molecule has 21 heavy (non-hydrogen) atoms. The maximum Gasteiger partial charge on any atom is 0.247 e. The van der Waals surface area contributed by atoms with Gasteiger partial charge in [0, 0.05) is 18.6 Å². The first kappa shape index (κ1) is 17.8. The first-order valence-corrected chi connectivity index (χ1v) is 7.21. The highest BCUT2D eigenvalue weighted by Gasteiger charge is 2.11. The molecule has 0 aliphatic rings. The molecule has 0 saturated heterocycles. The number of carbonyl (C=O) groups excluding carboxylic acids is 1. The number of benzene rings is 1. The molecule has 8 heteroatoms. The van der Waals surface area contributed by atoms with Crippen molar-refractivity contribution in [3.8, 4) is 0 Å². The van der Waals surface area contributed by atoms with Crippen LogP contribution in [0.15, 0.2) is 23.1 Å². The summed E-state index contributed by atoms with van der Waals surface area (Å²) < 4.78 is 42.5. The Balaban J connectivity index is 2.58. The fourth-order valence-corrected chi connectivity index (χ4v) is 2.18. The fraction of sp³-hybridized carbons (Fsp3) is 0.462. The van der Waals surface area contributed by atoms with Gasteiger partial charge in [-0.15, -0.1) is 11.8 Å². The molecule has 0 atom stereocenters. The second-order valence-corrected chi connectivity index (χ2v) is 5.12. The number of alkyl halides is 2. The first-order chi connectivity index (χ1) is 10.0. The van der Waals surface area contributed by atoms with Gasteiger partial charge in [-0.3, -0.25) is 4.79 Å². The van der Waals surface area contributed by atoms with Crippen molar-refractivity contribution in [3.05, 3.63) is 24.0 Å². The van der Waals surface area contributed by atoms with Crippen molar-refractivity contribution < 1.29 is 22.7 Å². The number of rotatable bonds is 9. The number of halogens is 3. The second-order valence-electron chi connectivity index (χ2n) is 4.06. The Morgan fingerprint density at radius 1 is 1.43 bits per heavy atom. The third kappa shape index (κ3) is 7.35. The highest BCUT2D eigenvalue weighted by molar-refractivity contribution is 7.99. The molecule has 0 aliphatic carbocycles. The summed E-state index contributed by atoms with van der Waals surface area (Å²) in [4.78, 5) is 12.1. The predicted molar refractivity (Wildman–Crippen MR) is 76.5 cm³/mol. The Kier molecular flexibility index (Phi) is 8.17. The van der Waals surface area contributed by atoms with Gasteiger partial charge in [0.2, 0.25) is 12.3 Å². The molecule has 0 bridgehead atoms. The largest absolute Gasteiger partial charge is 0.383 e. The van der Waals surface area contributed by atoms with Crippen LogP contribution in [-0.2, 0) is 9.53 Å². The lowest BCUT2D eigenvalue weighted by atomic mass is 10.3. The Morgan fingerprint density at radius 2 is 2.19 bits per heavy atom. The summed E-state index contributed by atoms with van der Waals surface area (Å²) in [5, 5.41) is 5.34. The molecular formula is C13H17F3N2O2S. The van der Waals surface area contributed by atoms with Crippen LogP contribution >= 0.6 is 11.8 Å². The number of carbonyl (C=O) groups is 1. The van der Waals surface area contributed by atoms with Gasteiger partial charge < -0.3 is 15.4 Å². The number of nitrogens with one attached hydrogen (secondary N) is 2. The van der Waals surface area contributed by atoms with Gasteiger partial charge in [0.1, 0.15) is 5.82 Å². The summed E-state index contributed by atoms with van der Waals surface area (Å²) in [6.45, 7) is 0.988. The highest BCUT2D eigenvalue weighted by Crippen LogP contribution is 2.29. The number of hydrogen-bond acceptors (Lipinski definition) is 4. The number of ether oxygens (including phenoxy) is 1. The summed E-state index contributed by atoms with van der Waals surface area (Å²) in [5.74, 6) is -1.34. The van der Waals surface area contributed by atoms with Crippen molar-refractivity contribution >= 4 is 23.4 Å². The average Bonchev–Trinajstić information content (AvgIpc) is 2.42. The fourth-order valence-electron chi connectivity index (χ4n) is 1.45. The topological polar surface area (TPSA) is 50.4 Å². The van der Waals surface area contributed by atoms with Crippen LogP contribution in [0.2, 0.25) is 0 Å². The average molecular weight is 322 g/mol. The minimum atomic E-state index is -2.47. The number of hydrogen-bond donors (Lipinski definition) is 2. The molecule has 0 fully saturated rings. The van der Waals surface area contributed by atoms with E-state index < -0.39 is 18.0 Å². The summed E-state index contributed by atoms with van der Waals surface area (Å²) in [6, 6.07) is 3.65. The number of thioether (sulfide) groups is 1. The van der Waals surface area contributed by atoms with Crippen LogP contribution < -0.4 is 10.6 Å². The van der Waals surface area contributed by atoms with Gasteiger partial charge in [-0.05, 0) is 18.2 Å². The van der Waals surface area contributed by atoms with E-state index in [1.54, 1.807) is 7.11 Å². The van der Waals surface area contributed by atoms with Gasteiger partial charge in [-0.2, -0.15) is 0 Å². The van der Waals surface area contributed by atoms with E-state index in [0.29, 0.717) is 18.0 Å². The van der Waals surface area contributed by atoms with Crippen LogP contribution in [0.25, 0.3) is 0 Å².